The topological polar surface area (TPSA) is 105 Å². The lowest BCUT2D eigenvalue weighted by atomic mass is 10.2. The summed E-state index contributed by atoms with van der Waals surface area (Å²) in [4.78, 5) is 12.1. The van der Waals surface area contributed by atoms with E-state index >= 15 is 0 Å². The minimum atomic E-state index is -3.96. The molecule has 3 N–H and O–H groups in total. The number of benzene rings is 2. The van der Waals surface area contributed by atoms with Crippen LogP contribution in [0.25, 0.3) is 0 Å². The molecule has 0 spiro atoms. The lowest BCUT2D eigenvalue weighted by Crippen LogP contribution is -2.16. The molecule has 0 aliphatic heterocycles. The van der Waals surface area contributed by atoms with Gasteiger partial charge in [-0.2, -0.15) is 11.3 Å². The van der Waals surface area contributed by atoms with Gasteiger partial charge >= 0.3 is 0 Å². The molecule has 3 aromatic rings. The Morgan fingerprint density at radius 2 is 1.93 bits per heavy atom. The van der Waals surface area contributed by atoms with E-state index in [0.717, 1.165) is 5.56 Å². The van der Waals surface area contributed by atoms with Gasteiger partial charge in [-0.25, -0.2) is 8.42 Å². The predicted molar refractivity (Wildman–Crippen MR) is 109 cm³/mol. The second-order valence-corrected chi connectivity index (χ2v) is 8.30. The first kappa shape index (κ1) is 19.7. The summed E-state index contributed by atoms with van der Waals surface area (Å²) in [6, 6.07) is 12.1. The molecule has 1 heterocycles. The first-order valence-electron chi connectivity index (χ1n) is 8.19. The SMILES string of the molecule is COc1ccccc1NS(=O)(=O)c1ccc(O)c(NC(=O)Cc2ccsc2)c1. The van der Waals surface area contributed by atoms with Gasteiger partial charge in [-0.15, -0.1) is 0 Å². The van der Waals surface area contributed by atoms with Crippen LogP contribution in [-0.2, 0) is 21.2 Å². The average molecular weight is 418 g/mol. The van der Waals surface area contributed by atoms with Crippen molar-refractivity contribution in [2.45, 2.75) is 11.3 Å². The van der Waals surface area contributed by atoms with E-state index in [4.69, 9.17) is 4.74 Å². The molecular weight excluding hydrogens is 400 g/mol. The van der Waals surface area contributed by atoms with Crippen LogP contribution in [0.4, 0.5) is 11.4 Å². The van der Waals surface area contributed by atoms with Gasteiger partial charge in [0.2, 0.25) is 5.91 Å². The summed E-state index contributed by atoms with van der Waals surface area (Å²) in [7, 11) is -2.52. The Morgan fingerprint density at radius 1 is 1.14 bits per heavy atom. The van der Waals surface area contributed by atoms with Crippen molar-refractivity contribution in [1.82, 2.24) is 0 Å². The number of rotatable bonds is 7. The lowest BCUT2D eigenvalue weighted by Gasteiger charge is -2.13. The zero-order chi connectivity index (χ0) is 20.1. The number of hydrogen-bond donors (Lipinski definition) is 3. The maximum atomic E-state index is 12.7. The van der Waals surface area contributed by atoms with Crippen LogP contribution in [-0.4, -0.2) is 26.5 Å². The van der Waals surface area contributed by atoms with E-state index in [-0.39, 0.29) is 34.3 Å². The Balaban J connectivity index is 1.82. The molecule has 1 amide bonds. The van der Waals surface area contributed by atoms with Crippen LogP contribution in [0.2, 0.25) is 0 Å². The average Bonchev–Trinajstić information content (AvgIpc) is 3.16. The molecule has 0 bridgehead atoms. The van der Waals surface area contributed by atoms with Crippen molar-refractivity contribution in [3.63, 3.8) is 0 Å². The number of ether oxygens (including phenoxy) is 1. The third-order valence-electron chi connectivity index (χ3n) is 3.85. The molecule has 0 saturated carbocycles. The van der Waals surface area contributed by atoms with E-state index < -0.39 is 10.0 Å². The van der Waals surface area contributed by atoms with Crippen LogP contribution in [0.3, 0.4) is 0 Å². The molecular formula is C19H18N2O5S2. The summed E-state index contributed by atoms with van der Waals surface area (Å²) < 4.78 is 33.0. The molecule has 146 valence electrons. The van der Waals surface area contributed by atoms with Gasteiger partial charge in [-0.1, -0.05) is 12.1 Å². The smallest absolute Gasteiger partial charge is 0.262 e. The van der Waals surface area contributed by atoms with Crippen LogP contribution in [0.5, 0.6) is 11.5 Å². The van der Waals surface area contributed by atoms with E-state index in [2.05, 4.69) is 10.0 Å². The molecule has 7 nitrogen and oxygen atoms in total. The van der Waals surface area contributed by atoms with Crippen molar-refractivity contribution in [2.24, 2.45) is 0 Å². The monoisotopic (exact) mass is 418 g/mol. The lowest BCUT2D eigenvalue weighted by molar-refractivity contribution is -0.115. The number of aromatic hydroxyl groups is 1. The second kappa shape index (κ2) is 8.32. The number of phenolic OH excluding ortho intramolecular Hbond substituents is 1. The first-order valence-corrected chi connectivity index (χ1v) is 10.6. The van der Waals surface area contributed by atoms with Crippen molar-refractivity contribution in [3.05, 3.63) is 64.9 Å². The Hall–Kier alpha value is -3.04. The van der Waals surface area contributed by atoms with Crippen molar-refractivity contribution in [1.29, 1.82) is 0 Å². The zero-order valence-electron chi connectivity index (χ0n) is 14.9. The largest absolute Gasteiger partial charge is 0.506 e. The third-order valence-corrected chi connectivity index (χ3v) is 5.94. The number of anilines is 2. The Kier molecular flexibility index (Phi) is 5.86. The maximum absolute atomic E-state index is 12.7. The number of hydrogen-bond acceptors (Lipinski definition) is 6. The number of methoxy groups -OCH3 is 1. The number of sulfonamides is 1. The minimum Gasteiger partial charge on any atom is -0.506 e. The molecule has 1 aromatic heterocycles. The number of phenols is 1. The standard InChI is InChI=1S/C19H18N2O5S2/c1-26-18-5-3-2-4-15(18)21-28(24,25)14-6-7-17(22)16(11-14)20-19(23)10-13-8-9-27-12-13/h2-9,11-12,21-22H,10H2,1H3,(H,20,23). The minimum absolute atomic E-state index is 0.0168. The van der Waals surface area contributed by atoms with Gasteiger partial charge < -0.3 is 15.2 Å². The van der Waals surface area contributed by atoms with Crippen LogP contribution < -0.4 is 14.8 Å². The number of amides is 1. The van der Waals surface area contributed by atoms with E-state index in [9.17, 15) is 18.3 Å². The summed E-state index contributed by atoms with van der Waals surface area (Å²) in [6.45, 7) is 0. The third kappa shape index (κ3) is 4.62. The highest BCUT2D eigenvalue weighted by Crippen LogP contribution is 2.30. The summed E-state index contributed by atoms with van der Waals surface area (Å²) in [5.41, 5.74) is 1.13. The van der Waals surface area contributed by atoms with Gasteiger partial charge in [0.15, 0.2) is 0 Å². The Labute approximate surface area is 166 Å². The van der Waals surface area contributed by atoms with E-state index in [1.807, 2.05) is 16.8 Å². The van der Waals surface area contributed by atoms with E-state index in [0.29, 0.717) is 5.75 Å². The number of carbonyl (C=O) groups is 1. The zero-order valence-corrected chi connectivity index (χ0v) is 16.5. The fraction of sp³-hybridized carbons (Fsp3) is 0.105. The van der Waals surface area contributed by atoms with Crippen molar-refractivity contribution >= 4 is 38.6 Å². The first-order chi connectivity index (χ1) is 13.4. The summed E-state index contributed by atoms with van der Waals surface area (Å²) in [6.07, 6.45) is 0.124. The molecule has 28 heavy (non-hydrogen) atoms. The highest BCUT2D eigenvalue weighted by Gasteiger charge is 2.19. The van der Waals surface area contributed by atoms with Gasteiger partial charge in [-0.05, 0) is 52.7 Å². The fourth-order valence-electron chi connectivity index (χ4n) is 2.49. The molecule has 0 aliphatic rings. The van der Waals surface area contributed by atoms with Gasteiger partial charge in [-0.3, -0.25) is 9.52 Å². The Morgan fingerprint density at radius 3 is 2.64 bits per heavy atom. The molecule has 0 unspecified atom stereocenters. The van der Waals surface area contributed by atoms with Gasteiger partial charge in [0.1, 0.15) is 11.5 Å². The van der Waals surface area contributed by atoms with Crippen LogP contribution in [0, 0.1) is 0 Å². The molecule has 3 rings (SSSR count). The van der Waals surface area contributed by atoms with Crippen LogP contribution >= 0.6 is 11.3 Å². The Bertz CT molecular complexity index is 1080. The van der Waals surface area contributed by atoms with Crippen molar-refractivity contribution in [2.75, 3.05) is 17.1 Å². The van der Waals surface area contributed by atoms with E-state index in [1.54, 1.807) is 24.3 Å². The summed E-state index contributed by atoms with van der Waals surface area (Å²) >= 11 is 1.47. The maximum Gasteiger partial charge on any atom is 0.262 e. The molecule has 0 fully saturated rings. The van der Waals surface area contributed by atoms with Crippen molar-refractivity contribution in [3.8, 4) is 11.5 Å². The number of para-hydroxylation sites is 2. The van der Waals surface area contributed by atoms with Crippen LogP contribution in [0.1, 0.15) is 5.56 Å². The fourth-order valence-corrected chi connectivity index (χ4v) is 4.25. The molecule has 0 atom stereocenters. The molecule has 0 radical (unpaired) electrons. The normalized spacial score (nSPS) is 11.0. The van der Waals surface area contributed by atoms with E-state index in [1.165, 1.54) is 36.6 Å². The second-order valence-electron chi connectivity index (χ2n) is 5.84. The van der Waals surface area contributed by atoms with Crippen molar-refractivity contribution < 1.29 is 23.1 Å². The van der Waals surface area contributed by atoms with Crippen LogP contribution in [0.15, 0.2) is 64.2 Å². The molecule has 0 saturated heterocycles. The van der Waals surface area contributed by atoms with Gasteiger partial charge in [0.05, 0.1) is 29.8 Å². The highest BCUT2D eigenvalue weighted by molar-refractivity contribution is 7.92. The highest BCUT2D eigenvalue weighted by atomic mass is 32.2. The summed E-state index contributed by atoms with van der Waals surface area (Å²) in [5, 5.41) is 16.2. The predicted octanol–water partition coefficient (Wildman–Crippen LogP) is 3.44. The quantitative estimate of drug-likeness (QED) is 0.510. The van der Waals surface area contributed by atoms with Gasteiger partial charge in [0, 0.05) is 0 Å². The van der Waals surface area contributed by atoms with Gasteiger partial charge in [0.25, 0.3) is 10.0 Å². The number of carbonyl (C=O) groups excluding carboxylic acids is 1. The number of nitrogens with one attached hydrogen (secondary N) is 2. The molecule has 0 aliphatic carbocycles. The number of thiophene rings is 1. The molecule has 9 heteroatoms. The summed E-state index contributed by atoms with van der Waals surface area (Å²) in [5.74, 6) is -0.218. The molecule has 2 aromatic carbocycles.